The molecule has 2 aromatic rings. The van der Waals surface area contributed by atoms with Gasteiger partial charge in [-0.15, -0.1) is 0 Å². The fraction of sp³-hybridized carbons (Fsp3) is 0.231. The molecule has 0 amide bonds. The molecule has 1 aromatic carbocycles. The lowest BCUT2D eigenvalue weighted by Gasteiger charge is -2.10. The number of pyridine rings is 1. The van der Waals surface area contributed by atoms with E-state index in [0.29, 0.717) is 16.8 Å². The van der Waals surface area contributed by atoms with Crippen LogP contribution in [0.15, 0.2) is 23.0 Å². The van der Waals surface area contributed by atoms with Crippen LogP contribution in [0.25, 0.3) is 10.9 Å². The van der Waals surface area contributed by atoms with Crippen LogP contribution in [0.4, 0.5) is 0 Å². The summed E-state index contributed by atoms with van der Waals surface area (Å²) in [5, 5.41) is 9.61. The standard InChI is InChI=1S/C13H13NO4/c1-7-8-4-3-5-10(18-2)12(8)14-13(17)9(7)6-11(15)16/h3-5H,6H2,1-2H3,(H,14,17)(H,15,16). The van der Waals surface area contributed by atoms with Crippen molar-refractivity contribution in [1.29, 1.82) is 0 Å². The van der Waals surface area contributed by atoms with E-state index in [1.807, 2.05) is 6.07 Å². The van der Waals surface area contributed by atoms with Gasteiger partial charge in [0.05, 0.1) is 19.0 Å². The smallest absolute Gasteiger partial charge is 0.308 e. The third kappa shape index (κ3) is 1.95. The minimum absolute atomic E-state index is 0.281. The van der Waals surface area contributed by atoms with E-state index in [9.17, 15) is 9.59 Å². The van der Waals surface area contributed by atoms with E-state index in [1.54, 1.807) is 19.1 Å². The van der Waals surface area contributed by atoms with Gasteiger partial charge < -0.3 is 14.8 Å². The SMILES string of the molecule is COc1cccc2c(C)c(CC(=O)O)c(=O)[nH]c12. The third-order valence-electron chi connectivity index (χ3n) is 2.94. The molecule has 1 aromatic heterocycles. The zero-order valence-electron chi connectivity index (χ0n) is 10.1. The molecule has 0 fully saturated rings. The summed E-state index contributed by atoms with van der Waals surface area (Å²) in [6, 6.07) is 5.38. The number of carboxylic acids is 1. The fourth-order valence-electron chi connectivity index (χ4n) is 2.03. The molecular formula is C13H13NO4. The van der Waals surface area contributed by atoms with Gasteiger partial charge in [0.15, 0.2) is 0 Å². The Balaban J connectivity index is 2.79. The Morgan fingerprint density at radius 1 is 1.44 bits per heavy atom. The van der Waals surface area contributed by atoms with Gasteiger partial charge in [-0.05, 0) is 18.6 Å². The number of aliphatic carboxylic acids is 1. The summed E-state index contributed by atoms with van der Waals surface area (Å²) < 4.78 is 5.17. The maximum Gasteiger partial charge on any atom is 0.308 e. The van der Waals surface area contributed by atoms with Crippen molar-refractivity contribution in [2.75, 3.05) is 7.11 Å². The summed E-state index contributed by atoms with van der Waals surface area (Å²) >= 11 is 0. The number of aromatic nitrogens is 1. The highest BCUT2D eigenvalue weighted by atomic mass is 16.5. The van der Waals surface area contributed by atoms with Crippen LogP contribution >= 0.6 is 0 Å². The molecule has 0 radical (unpaired) electrons. The number of hydrogen-bond acceptors (Lipinski definition) is 3. The van der Waals surface area contributed by atoms with Crippen LogP contribution in [0, 0.1) is 6.92 Å². The van der Waals surface area contributed by atoms with Gasteiger partial charge in [-0.25, -0.2) is 0 Å². The second kappa shape index (κ2) is 4.52. The molecule has 94 valence electrons. The lowest BCUT2D eigenvalue weighted by atomic mass is 10.0. The van der Waals surface area contributed by atoms with Crippen LogP contribution in [0.1, 0.15) is 11.1 Å². The molecule has 0 aliphatic carbocycles. The minimum Gasteiger partial charge on any atom is -0.495 e. The number of carboxylic acid groups (broad SMARTS) is 1. The third-order valence-corrected chi connectivity index (χ3v) is 2.94. The van der Waals surface area contributed by atoms with Gasteiger partial charge in [-0.1, -0.05) is 12.1 Å². The number of methoxy groups -OCH3 is 1. The lowest BCUT2D eigenvalue weighted by molar-refractivity contribution is -0.136. The van der Waals surface area contributed by atoms with Gasteiger partial charge in [-0.3, -0.25) is 9.59 Å². The molecular weight excluding hydrogens is 234 g/mol. The highest BCUT2D eigenvalue weighted by Gasteiger charge is 2.13. The average molecular weight is 247 g/mol. The molecule has 0 saturated carbocycles. The average Bonchev–Trinajstić information content (AvgIpc) is 2.33. The molecule has 0 unspecified atom stereocenters. The number of rotatable bonds is 3. The number of nitrogens with one attached hydrogen (secondary N) is 1. The summed E-state index contributed by atoms with van der Waals surface area (Å²) in [6.45, 7) is 1.75. The van der Waals surface area contributed by atoms with Crippen molar-refractivity contribution < 1.29 is 14.6 Å². The number of aryl methyl sites for hydroxylation is 1. The number of aromatic amines is 1. The number of fused-ring (bicyclic) bond motifs is 1. The van der Waals surface area contributed by atoms with E-state index in [0.717, 1.165) is 5.39 Å². The quantitative estimate of drug-likeness (QED) is 0.860. The molecule has 0 saturated heterocycles. The largest absolute Gasteiger partial charge is 0.495 e. The highest BCUT2D eigenvalue weighted by Crippen LogP contribution is 2.25. The maximum absolute atomic E-state index is 11.9. The number of carbonyl (C=O) groups is 1. The van der Waals surface area contributed by atoms with Crippen LogP contribution < -0.4 is 10.3 Å². The number of hydrogen-bond donors (Lipinski definition) is 2. The minimum atomic E-state index is -1.02. The first kappa shape index (κ1) is 12.2. The number of benzene rings is 1. The van der Waals surface area contributed by atoms with Gasteiger partial charge in [-0.2, -0.15) is 0 Å². The number of para-hydroxylation sites is 1. The molecule has 5 heteroatoms. The van der Waals surface area contributed by atoms with Gasteiger partial charge >= 0.3 is 5.97 Å². The number of ether oxygens (including phenoxy) is 1. The van der Waals surface area contributed by atoms with E-state index in [2.05, 4.69) is 4.98 Å². The van der Waals surface area contributed by atoms with Crippen LogP contribution in [-0.2, 0) is 11.2 Å². The van der Waals surface area contributed by atoms with Crippen molar-refractivity contribution in [2.45, 2.75) is 13.3 Å². The highest BCUT2D eigenvalue weighted by molar-refractivity contribution is 5.88. The Bertz CT molecular complexity index is 672. The summed E-state index contributed by atoms with van der Waals surface area (Å²) in [6.07, 6.45) is -0.283. The van der Waals surface area contributed by atoms with Crippen LogP contribution in [0.5, 0.6) is 5.75 Å². The molecule has 1 heterocycles. The van der Waals surface area contributed by atoms with Gasteiger partial charge in [0.1, 0.15) is 5.75 Å². The first-order valence-corrected chi connectivity index (χ1v) is 5.45. The Labute approximate surface area is 103 Å². The number of H-pyrrole nitrogens is 1. The van der Waals surface area contributed by atoms with Crippen molar-refractivity contribution in [2.24, 2.45) is 0 Å². The second-order valence-electron chi connectivity index (χ2n) is 4.01. The van der Waals surface area contributed by atoms with E-state index < -0.39 is 5.97 Å². The van der Waals surface area contributed by atoms with Crippen molar-refractivity contribution >= 4 is 16.9 Å². The Kier molecular flexibility index (Phi) is 3.06. The molecule has 2 rings (SSSR count). The van der Waals surface area contributed by atoms with Crippen molar-refractivity contribution in [3.63, 3.8) is 0 Å². The Hall–Kier alpha value is -2.30. The molecule has 18 heavy (non-hydrogen) atoms. The second-order valence-corrected chi connectivity index (χ2v) is 4.01. The van der Waals surface area contributed by atoms with Crippen LogP contribution in [0.3, 0.4) is 0 Å². The van der Waals surface area contributed by atoms with E-state index in [4.69, 9.17) is 9.84 Å². The van der Waals surface area contributed by atoms with Crippen molar-refractivity contribution in [3.05, 3.63) is 39.7 Å². The molecule has 0 bridgehead atoms. The van der Waals surface area contributed by atoms with Crippen molar-refractivity contribution in [3.8, 4) is 5.75 Å². The van der Waals surface area contributed by atoms with Gasteiger partial charge in [0, 0.05) is 10.9 Å². The maximum atomic E-state index is 11.9. The first-order valence-electron chi connectivity index (χ1n) is 5.45. The van der Waals surface area contributed by atoms with Gasteiger partial charge in [0.25, 0.3) is 5.56 Å². The predicted molar refractivity (Wildman–Crippen MR) is 67.2 cm³/mol. The fourth-order valence-corrected chi connectivity index (χ4v) is 2.03. The zero-order valence-corrected chi connectivity index (χ0v) is 10.1. The Morgan fingerprint density at radius 3 is 2.78 bits per heavy atom. The lowest BCUT2D eigenvalue weighted by Crippen LogP contribution is -2.18. The summed E-state index contributed by atoms with van der Waals surface area (Å²) in [5.41, 5.74) is 1.17. The normalized spacial score (nSPS) is 10.6. The monoisotopic (exact) mass is 247 g/mol. The van der Waals surface area contributed by atoms with E-state index >= 15 is 0 Å². The van der Waals surface area contributed by atoms with Gasteiger partial charge in [0.2, 0.25) is 0 Å². The van der Waals surface area contributed by atoms with Crippen LogP contribution in [0.2, 0.25) is 0 Å². The predicted octanol–water partition coefficient (Wildman–Crippen LogP) is 1.47. The summed E-state index contributed by atoms with van der Waals surface area (Å²) in [4.78, 5) is 25.3. The molecule has 0 aliphatic heterocycles. The van der Waals surface area contributed by atoms with Crippen molar-refractivity contribution in [1.82, 2.24) is 4.98 Å². The summed E-state index contributed by atoms with van der Waals surface area (Å²) in [5.74, 6) is -0.458. The molecule has 0 spiro atoms. The first-order chi connectivity index (χ1) is 8.54. The topological polar surface area (TPSA) is 79.4 Å². The summed E-state index contributed by atoms with van der Waals surface area (Å²) in [7, 11) is 1.52. The molecule has 0 atom stereocenters. The van der Waals surface area contributed by atoms with E-state index in [1.165, 1.54) is 7.11 Å². The molecule has 0 aliphatic rings. The molecule has 5 nitrogen and oxygen atoms in total. The molecule has 2 N–H and O–H groups in total. The van der Waals surface area contributed by atoms with Crippen LogP contribution in [-0.4, -0.2) is 23.2 Å². The van der Waals surface area contributed by atoms with E-state index in [-0.39, 0.29) is 17.5 Å². The zero-order chi connectivity index (χ0) is 13.3. The Morgan fingerprint density at radius 2 is 2.17 bits per heavy atom.